The van der Waals surface area contributed by atoms with Gasteiger partial charge in [-0.1, -0.05) is 6.92 Å². The van der Waals surface area contributed by atoms with E-state index in [2.05, 4.69) is 22.2 Å². The Morgan fingerprint density at radius 2 is 2.27 bits per heavy atom. The lowest BCUT2D eigenvalue weighted by Crippen LogP contribution is -2.14. The minimum absolute atomic E-state index is 0.216. The lowest BCUT2D eigenvalue weighted by atomic mass is 10.1. The first-order chi connectivity index (χ1) is 7.11. The van der Waals surface area contributed by atoms with Crippen molar-refractivity contribution in [2.45, 2.75) is 20.3 Å². The number of nitrogen functional groups attached to an aromatic ring is 1. The Morgan fingerprint density at radius 1 is 1.53 bits per heavy atom. The Bertz CT molecular complexity index is 296. The Kier molecular flexibility index (Phi) is 4.30. The molecule has 1 atom stereocenters. The fourth-order valence-electron chi connectivity index (χ4n) is 1.28. The Hall–Kier alpha value is -1.36. The highest BCUT2D eigenvalue weighted by molar-refractivity contribution is 5.40. The maximum atomic E-state index is 8.75. The number of aromatic nitrogens is 2. The highest BCUT2D eigenvalue weighted by atomic mass is 16.3. The van der Waals surface area contributed by atoms with Gasteiger partial charge < -0.3 is 16.2 Å². The maximum Gasteiger partial charge on any atom is 0.222 e. The van der Waals surface area contributed by atoms with E-state index < -0.39 is 0 Å². The molecule has 0 aliphatic carbocycles. The second-order valence-electron chi connectivity index (χ2n) is 3.75. The van der Waals surface area contributed by atoms with Gasteiger partial charge in [0.05, 0.1) is 0 Å². The van der Waals surface area contributed by atoms with E-state index in [1.807, 2.05) is 13.0 Å². The first-order valence-corrected chi connectivity index (χ1v) is 5.07. The predicted molar refractivity (Wildman–Crippen MR) is 60.5 cm³/mol. The summed E-state index contributed by atoms with van der Waals surface area (Å²) in [7, 11) is 0. The number of nitrogens with two attached hydrogens (primary N) is 1. The van der Waals surface area contributed by atoms with Crippen LogP contribution in [0.3, 0.4) is 0 Å². The number of aryl methyl sites for hydroxylation is 1. The number of aliphatic hydroxyl groups excluding tert-OH is 1. The van der Waals surface area contributed by atoms with E-state index in [1.165, 1.54) is 0 Å². The monoisotopic (exact) mass is 210 g/mol. The van der Waals surface area contributed by atoms with E-state index in [9.17, 15) is 0 Å². The van der Waals surface area contributed by atoms with Crippen molar-refractivity contribution in [1.29, 1.82) is 0 Å². The molecule has 0 spiro atoms. The van der Waals surface area contributed by atoms with E-state index in [1.54, 1.807) is 0 Å². The van der Waals surface area contributed by atoms with Crippen LogP contribution in [0.5, 0.6) is 0 Å². The minimum atomic E-state index is 0.216. The van der Waals surface area contributed by atoms with Gasteiger partial charge in [0.15, 0.2) is 0 Å². The molecule has 0 amide bonds. The zero-order chi connectivity index (χ0) is 11.3. The van der Waals surface area contributed by atoms with Crippen LogP contribution in [0.2, 0.25) is 0 Å². The van der Waals surface area contributed by atoms with Gasteiger partial charge in [0.2, 0.25) is 5.95 Å². The molecule has 0 saturated heterocycles. The average Bonchev–Trinajstić information content (AvgIpc) is 2.14. The third-order valence-electron chi connectivity index (χ3n) is 2.13. The van der Waals surface area contributed by atoms with Gasteiger partial charge in [0, 0.05) is 24.9 Å². The number of anilines is 2. The predicted octanol–water partition coefficient (Wildman–Crippen LogP) is 0.798. The van der Waals surface area contributed by atoms with Crippen LogP contribution < -0.4 is 11.1 Å². The first-order valence-electron chi connectivity index (χ1n) is 5.07. The fraction of sp³-hybridized carbons (Fsp3) is 0.600. The van der Waals surface area contributed by atoms with Gasteiger partial charge in [-0.15, -0.1) is 0 Å². The zero-order valence-electron chi connectivity index (χ0n) is 9.20. The van der Waals surface area contributed by atoms with Crippen LogP contribution in [0, 0.1) is 12.8 Å². The summed E-state index contributed by atoms with van der Waals surface area (Å²) in [6.45, 7) is 4.94. The molecule has 5 heteroatoms. The van der Waals surface area contributed by atoms with Crippen molar-refractivity contribution in [2.24, 2.45) is 5.92 Å². The lowest BCUT2D eigenvalue weighted by molar-refractivity contribution is 0.266. The van der Waals surface area contributed by atoms with Crippen molar-refractivity contribution in [2.75, 3.05) is 24.2 Å². The van der Waals surface area contributed by atoms with Gasteiger partial charge in [0.25, 0.3) is 0 Å². The summed E-state index contributed by atoms with van der Waals surface area (Å²) in [5, 5.41) is 11.9. The van der Waals surface area contributed by atoms with Crippen LogP contribution in [0.4, 0.5) is 11.8 Å². The van der Waals surface area contributed by atoms with Crippen LogP contribution in [0.15, 0.2) is 6.07 Å². The number of rotatable bonds is 5. The summed E-state index contributed by atoms with van der Waals surface area (Å²) in [5.41, 5.74) is 6.37. The van der Waals surface area contributed by atoms with Crippen LogP contribution in [0.25, 0.3) is 0 Å². The molecule has 1 unspecified atom stereocenters. The third-order valence-corrected chi connectivity index (χ3v) is 2.13. The van der Waals surface area contributed by atoms with Crippen molar-refractivity contribution >= 4 is 11.8 Å². The summed E-state index contributed by atoms with van der Waals surface area (Å²) in [5.74, 6) is 1.43. The summed E-state index contributed by atoms with van der Waals surface area (Å²) in [6.07, 6.45) is 0.784. The SMILES string of the molecule is Cc1cc(NCC(C)CCO)nc(N)n1. The molecule has 0 bridgehead atoms. The fourth-order valence-corrected chi connectivity index (χ4v) is 1.28. The van der Waals surface area contributed by atoms with E-state index >= 15 is 0 Å². The molecule has 1 aromatic heterocycles. The Labute approximate surface area is 89.7 Å². The van der Waals surface area contributed by atoms with Gasteiger partial charge in [-0.25, -0.2) is 4.98 Å². The molecule has 0 fully saturated rings. The molecule has 1 aromatic rings. The molecule has 4 N–H and O–H groups in total. The molecule has 0 aromatic carbocycles. The topological polar surface area (TPSA) is 84.1 Å². The first kappa shape index (κ1) is 11.7. The highest BCUT2D eigenvalue weighted by Gasteiger charge is 2.03. The Morgan fingerprint density at radius 3 is 2.87 bits per heavy atom. The standard InChI is InChI=1S/C10H18N4O/c1-7(3-4-15)6-12-9-5-8(2)13-10(11)14-9/h5,7,15H,3-4,6H2,1-2H3,(H3,11,12,13,14). The van der Waals surface area contributed by atoms with Crippen molar-refractivity contribution in [1.82, 2.24) is 9.97 Å². The van der Waals surface area contributed by atoms with Gasteiger partial charge >= 0.3 is 0 Å². The lowest BCUT2D eigenvalue weighted by Gasteiger charge is -2.11. The molecule has 15 heavy (non-hydrogen) atoms. The van der Waals surface area contributed by atoms with Crippen LogP contribution in [0.1, 0.15) is 19.0 Å². The third kappa shape index (κ3) is 4.12. The summed E-state index contributed by atoms with van der Waals surface area (Å²) >= 11 is 0. The summed E-state index contributed by atoms with van der Waals surface area (Å²) in [6, 6.07) is 1.85. The van der Waals surface area contributed by atoms with Crippen LogP contribution >= 0.6 is 0 Å². The average molecular weight is 210 g/mol. The molecular weight excluding hydrogens is 192 g/mol. The molecule has 5 nitrogen and oxygen atoms in total. The highest BCUT2D eigenvalue weighted by Crippen LogP contribution is 2.09. The van der Waals surface area contributed by atoms with Gasteiger partial charge in [0.1, 0.15) is 5.82 Å². The number of hydrogen-bond acceptors (Lipinski definition) is 5. The minimum Gasteiger partial charge on any atom is -0.396 e. The molecule has 0 aliphatic heterocycles. The number of aliphatic hydroxyl groups is 1. The number of nitrogens with one attached hydrogen (secondary N) is 1. The second kappa shape index (κ2) is 5.50. The van der Waals surface area contributed by atoms with Gasteiger partial charge in [-0.2, -0.15) is 4.98 Å². The van der Waals surface area contributed by atoms with Crippen molar-refractivity contribution < 1.29 is 5.11 Å². The number of hydrogen-bond donors (Lipinski definition) is 3. The number of nitrogens with zero attached hydrogens (tertiary/aromatic N) is 2. The van der Waals surface area contributed by atoms with E-state index in [-0.39, 0.29) is 12.6 Å². The van der Waals surface area contributed by atoms with E-state index in [0.29, 0.717) is 5.92 Å². The summed E-state index contributed by atoms with van der Waals surface area (Å²) in [4.78, 5) is 8.04. The van der Waals surface area contributed by atoms with Crippen molar-refractivity contribution in [3.8, 4) is 0 Å². The zero-order valence-corrected chi connectivity index (χ0v) is 9.20. The van der Waals surface area contributed by atoms with E-state index in [4.69, 9.17) is 10.8 Å². The molecule has 84 valence electrons. The molecule has 0 aliphatic rings. The van der Waals surface area contributed by atoms with Crippen LogP contribution in [-0.4, -0.2) is 28.2 Å². The molecule has 1 heterocycles. The molecule has 0 saturated carbocycles. The molecular formula is C10H18N4O. The van der Waals surface area contributed by atoms with Crippen molar-refractivity contribution in [3.05, 3.63) is 11.8 Å². The summed E-state index contributed by atoms with van der Waals surface area (Å²) < 4.78 is 0. The smallest absolute Gasteiger partial charge is 0.222 e. The van der Waals surface area contributed by atoms with Crippen LogP contribution in [-0.2, 0) is 0 Å². The van der Waals surface area contributed by atoms with E-state index in [0.717, 1.165) is 24.5 Å². The quantitative estimate of drug-likeness (QED) is 0.669. The van der Waals surface area contributed by atoms with Gasteiger partial charge in [-0.05, 0) is 19.3 Å². The Balaban J connectivity index is 2.50. The van der Waals surface area contributed by atoms with Crippen molar-refractivity contribution in [3.63, 3.8) is 0 Å². The normalized spacial score (nSPS) is 12.5. The molecule has 0 radical (unpaired) electrons. The largest absolute Gasteiger partial charge is 0.396 e. The molecule has 1 rings (SSSR count). The maximum absolute atomic E-state index is 8.75. The van der Waals surface area contributed by atoms with Gasteiger partial charge in [-0.3, -0.25) is 0 Å². The second-order valence-corrected chi connectivity index (χ2v) is 3.75.